The Bertz CT molecular complexity index is 239. The number of hydrogen-bond acceptors (Lipinski definition) is 3. The number of rotatable bonds is 3. The lowest BCUT2D eigenvalue weighted by Crippen LogP contribution is -2.33. The van der Waals surface area contributed by atoms with E-state index in [-0.39, 0.29) is 0 Å². The zero-order chi connectivity index (χ0) is 11.7. The van der Waals surface area contributed by atoms with E-state index in [9.17, 15) is 0 Å². The highest BCUT2D eigenvalue weighted by Gasteiger charge is 2.40. The average molecular weight is 238 g/mol. The lowest BCUT2D eigenvalue weighted by molar-refractivity contribution is 0.0545. The third kappa shape index (κ3) is 2.67. The molecule has 0 amide bonds. The first-order chi connectivity index (χ1) is 8.35. The van der Waals surface area contributed by atoms with Crippen LogP contribution in [0.4, 0.5) is 0 Å². The molecule has 98 valence electrons. The Morgan fingerprint density at radius 3 is 2.35 bits per heavy atom. The van der Waals surface area contributed by atoms with Crippen LogP contribution < -0.4 is 5.32 Å². The van der Waals surface area contributed by atoms with Crippen molar-refractivity contribution in [1.82, 2.24) is 10.2 Å². The van der Waals surface area contributed by atoms with E-state index >= 15 is 0 Å². The molecule has 1 unspecified atom stereocenters. The van der Waals surface area contributed by atoms with E-state index in [0.29, 0.717) is 0 Å². The van der Waals surface area contributed by atoms with Crippen LogP contribution in [0, 0.1) is 17.8 Å². The maximum Gasteiger partial charge on any atom is 0.0469 e. The summed E-state index contributed by atoms with van der Waals surface area (Å²) >= 11 is 0. The molecule has 3 aliphatic rings. The Morgan fingerprint density at radius 2 is 1.76 bits per heavy atom. The summed E-state index contributed by atoms with van der Waals surface area (Å²) in [6.07, 6.45) is 5.38. The topological polar surface area (TPSA) is 24.5 Å². The van der Waals surface area contributed by atoms with Crippen molar-refractivity contribution in [3.05, 3.63) is 0 Å². The van der Waals surface area contributed by atoms with Gasteiger partial charge in [-0.05, 0) is 50.5 Å². The highest BCUT2D eigenvalue weighted by Crippen LogP contribution is 2.38. The van der Waals surface area contributed by atoms with E-state index in [4.69, 9.17) is 4.74 Å². The summed E-state index contributed by atoms with van der Waals surface area (Å²) in [7, 11) is 2.12. The molecule has 2 saturated heterocycles. The number of hydrogen-bond donors (Lipinski definition) is 1. The molecular weight excluding hydrogens is 212 g/mol. The minimum Gasteiger partial charge on any atom is -0.381 e. The van der Waals surface area contributed by atoms with Crippen LogP contribution >= 0.6 is 0 Å². The van der Waals surface area contributed by atoms with Gasteiger partial charge in [-0.15, -0.1) is 0 Å². The number of nitrogens with one attached hydrogen (secondary N) is 1. The highest BCUT2D eigenvalue weighted by atomic mass is 16.5. The largest absolute Gasteiger partial charge is 0.381 e. The molecular formula is C14H26N2O. The SMILES string of the molecule is CNC1C[C@@H]2CN(CC3CCOCC3)C[C@@H]2C1. The Labute approximate surface area is 105 Å². The normalized spacial score (nSPS) is 39.7. The summed E-state index contributed by atoms with van der Waals surface area (Å²) in [5, 5.41) is 3.45. The van der Waals surface area contributed by atoms with Crippen LogP contribution in [0.2, 0.25) is 0 Å². The predicted octanol–water partition coefficient (Wildman–Crippen LogP) is 1.34. The van der Waals surface area contributed by atoms with Gasteiger partial charge >= 0.3 is 0 Å². The maximum atomic E-state index is 5.44. The van der Waals surface area contributed by atoms with E-state index in [1.54, 1.807) is 0 Å². The molecule has 3 atom stereocenters. The van der Waals surface area contributed by atoms with Gasteiger partial charge in [0.15, 0.2) is 0 Å². The molecule has 1 N–H and O–H groups in total. The molecule has 0 radical (unpaired) electrons. The summed E-state index contributed by atoms with van der Waals surface area (Å²) in [5.41, 5.74) is 0. The monoisotopic (exact) mass is 238 g/mol. The summed E-state index contributed by atoms with van der Waals surface area (Å²) in [4.78, 5) is 2.73. The Kier molecular flexibility index (Phi) is 3.69. The lowest BCUT2D eigenvalue weighted by atomic mass is 10.00. The average Bonchev–Trinajstić information content (AvgIpc) is 2.87. The van der Waals surface area contributed by atoms with Gasteiger partial charge in [-0.1, -0.05) is 0 Å². The van der Waals surface area contributed by atoms with Gasteiger partial charge in [0.05, 0.1) is 0 Å². The van der Waals surface area contributed by atoms with Gasteiger partial charge < -0.3 is 15.0 Å². The molecule has 3 rings (SSSR count). The number of likely N-dealkylation sites (tertiary alicyclic amines) is 1. The van der Waals surface area contributed by atoms with E-state index in [2.05, 4.69) is 17.3 Å². The van der Waals surface area contributed by atoms with Crippen molar-refractivity contribution in [1.29, 1.82) is 0 Å². The van der Waals surface area contributed by atoms with Gasteiger partial charge in [0.2, 0.25) is 0 Å². The third-order valence-electron chi connectivity index (χ3n) is 5.09. The van der Waals surface area contributed by atoms with Crippen molar-refractivity contribution in [2.24, 2.45) is 17.8 Å². The smallest absolute Gasteiger partial charge is 0.0469 e. The molecule has 1 aliphatic carbocycles. The van der Waals surface area contributed by atoms with Gasteiger partial charge in [-0.3, -0.25) is 0 Å². The fourth-order valence-electron chi connectivity index (χ4n) is 4.08. The predicted molar refractivity (Wildman–Crippen MR) is 69.0 cm³/mol. The first kappa shape index (κ1) is 11.9. The van der Waals surface area contributed by atoms with E-state index < -0.39 is 0 Å². The standard InChI is InChI=1S/C14H26N2O/c1-15-14-6-12-9-16(10-13(12)7-14)8-11-2-4-17-5-3-11/h11-15H,2-10H2,1H3/t12-,13+,14?. The molecule has 3 nitrogen and oxygen atoms in total. The Hall–Kier alpha value is -0.120. The first-order valence-corrected chi connectivity index (χ1v) is 7.32. The fraction of sp³-hybridized carbons (Fsp3) is 1.00. The summed E-state index contributed by atoms with van der Waals surface area (Å²) < 4.78 is 5.44. The van der Waals surface area contributed by atoms with E-state index in [1.165, 1.54) is 45.3 Å². The number of nitrogens with zero attached hydrogens (tertiary/aromatic N) is 1. The number of ether oxygens (including phenoxy) is 1. The first-order valence-electron chi connectivity index (χ1n) is 7.32. The van der Waals surface area contributed by atoms with Crippen LogP contribution in [-0.4, -0.2) is 50.8 Å². The van der Waals surface area contributed by atoms with Crippen LogP contribution in [0.3, 0.4) is 0 Å². The molecule has 3 heteroatoms. The van der Waals surface area contributed by atoms with E-state index in [0.717, 1.165) is 37.0 Å². The third-order valence-corrected chi connectivity index (χ3v) is 5.09. The van der Waals surface area contributed by atoms with Crippen molar-refractivity contribution in [2.75, 3.05) is 39.9 Å². The Morgan fingerprint density at radius 1 is 1.12 bits per heavy atom. The lowest BCUT2D eigenvalue weighted by Gasteiger charge is -2.27. The quantitative estimate of drug-likeness (QED) is 0.803. The summed E-state index contributed by atoms with van der Waals surface area (Å²) in [6, 6.07) is 0.801. The fourth-order valence-corrected chi connectivity index (χ4v) is 4.08. The molecule has 1 saturated carbocycles. The van der Waals surface area contributed by atoms with Crippen molar-refractivity contribution in [3.63, 3.8) is 0 Å². The van der Waals surface area contributed by atoms with Crippen LogP contribution in [0.25, 0.3) is 0 Å². The second-order valence-corrected chi connectivity index (χ2v) is 6.25. The minimum absolute atomic E-state index is 0.801. The molecule has 0 aromatic carbocycles. The van der Waals surface area contributed by atoms with Crippen LogP contribution in [0.5, 0.6) is 0 Å². The summed E-state index contributed by atoms with van der Waals surface area (Å²) in [6.45, 7) is 6.04. The molecule has 3 fully saturated rings. The van der Waals surface area contributed by atoms with Crippen LogP contribution in [0.15, 0.2) is 0 Å². The van der Waals surface area contributed by atoms with Crippen molar-refractivity contribution in [3.8, 4) is 0 Å². The van der Waals surface area contributed by atoms with Crippen LogP contribution in [0.1, 0.15) is 25.7 Å². The van der Waals surface area contributed by atoms with Crippen molar-refractivity contribution in [2.45, 2.75) is 31.7 Å². The second-order valence-electron chi connectivity index (χ2n) is 6.25. The molecule has 0 spiro atoms. The Balaban J connectivity index is 1.46. The van der Waals surface area contributed by atoms with Gasteiger partial charge in [0.25, 0.3) is 0 Å². The van der Waals surface area contributed by atoms with Gasteiger partial charge in [0.1, 0.15) is 0 Å². The maximum absolute atomic E-state index is 5.44. The van der Waals surface area contributed by atoms with Gasteiger partial charge in [-0.2, -0.15) is 0 Å². The minimum atomic E-state index is 0.801. The molecule has 2 heterocycles. The van der Waals surface area contributed by atoms with Gasteiger partial charge in [-0.25, -0.2) is 0 Å². The zero-order valence-electron chi connectivity index (χ0n) is 11.0. The molecule has 17 heavy (non-hydrogen) atoms. The molecule has 0 aromatic heterocycles. The second kappa shape index (κ2) is 5.25. The van der Waals surface area contributed by atoms with Gasteiger partial charge in [0, 0.05) is 38.9 Å². The zero-order valence-corrected chi connectivity index (χ0v) is 11.0. The molecule has 0 aromatic rings. The van der Waals surface area contributed by atoms with Crippen molar-refractivity contribution >= 4 is 0 Å². The summed E-state index contributed by atoms with van der Waals surface area (Å²) in [5.74, 6) is 2.86. The highest BCUT2D eigenvalue weighted by molar-refractivity contribution is 4.94. The molecule has 0 bridgehead atoms. The molecule has 2 aliphatic heterocycles. The van der Waals surface area contributed by atoms with Crippen LogP contribution in [-0.2, 0) is 4.74 Å². The van der Waals surface area contributed by atoms with Crippen molar-refractivity contribution < 1.29 is 4.74 Å². The number of fused-ring (bicyclic) bond motifs is 1. The van der Waals surface area contributed by atoms with E-state index in [1.807, 2.05) is 0 Å².